The summed E-state index contributed by atoms with van der Waals surface area (Å²) in [5.41, 5.74) is 2.47. The number of hydrogen-bond donors (Lipinski definition) is 0. The van der Waals surface area contributed by atoms with Crippen LogP contribution in [0.1, 0.15) is 37.3 Å². The lowest BCUT2D eigenvalue weighted by Gasteiger charge is -1.91. The van der Waals surface area contributed by atoms with Crippen LogP contribution in [0.2, 0.25) is 0 Å². The van der Waals surface area contributed by atoms with Crippen molar-refractivity contribution in [2.24, 2.45) is 0 Å². The molecule has 20 heavy (non-hydrogen) atoms. The molecule has 0 fully saturated rings. The average molecular weight is 264 g/mol. The molecule has 0 aromatic heterocycles. The Morgan fingerprint density at radius 3 is 1.85 bits per heavy atom. The van der Waals surface area contributed by atoms with Gasteiger partial charge in [-0.2, -0.15) is 0 Å². The Labute approximate surface area is 123 Å². The van der Waals surface area contributed by atoms with Gasteiger partial charge < -0.3 is 0 Å². The van der Waals surface area contributed by atoms with Gasteiger partial charge in [0, 0.05) is 0 Å². The number of benzene rings is 2. The molecule has 0 bridgehead atoms. The molecular weight excluding hydrogens is 240 g/mol. The Bertz CT molecular complexity index is 480. The summed E-state index contributed by atoms with van der Waals surface area (Å²) in [6.45, 7) is 5.85. The lowest BCUT2D eigenvalue weighted by molar-refractivity contribution is 0.816. The third-order valence-electron chi connectivity index (χ3n) is 2.87. The van der Waals surface area contributed by atoms with Crippen LogP contribution in [0.4, 0.5) is 0 Å². The molecule has 2 aromatic carbocycles. The van der Waals surface area contributed by atoms with Gasteiger partial charge in [-0.1, -0.05) is 105 Å². The zero-order valence-corrected chi connectivity index (χ0v) is 12.3. The van der Waals surface area contributed by atoms with Crippen LogP contribution in [0, 0.1) is 0 Å². The predicted octanol–water partition coefficient (Wildman–Crippen LogP) is 6.22. The van der Waals surface area contributed by atoms with Crippen LogP contribution >= 0.6 is 0 Å². The summed E-state index contributed by atoms with van der Waals surface area (Å²) >= 11 is 0. The fourth-order valence-corrected chi connectivity index (χ4v) is 1.69. The van der Waals surface area contributed by atoms with Crippen molar-refractivity contribution < 1.29 is 0 Å². The third kappa shape index (κ3) is 7.38. The Morgan fingerprint density at radius 2 is 1.40 bits per heavy atom. The second kappa shape index (κ2) is 10.8. The highest BCUT2D eigenvalue weighted by molar-refractivity contribution is 5.48. The molecule has 0 nitrogen and oxygen atoms in total. The lowest BCUT2D eigenvalue weighted by atomic mass is 10.2. The van der Waals surface area contributed by atoms with Gasteiger partial charge in [0.25, 0.3) is 0 Å². The van der Waals surface area contributed by atoms with E-state index in [2.05, 4.69) is 49.9 Å². The van der Waals surface area contributed by atoms with Crippen molar-refractivity contribution in [3.63, 3.8) is 0 Å². The van der Waals surface area contributed by atoms with Crippen LogP contribution in [-0.4, -0.2) is 0 Å². The first-order chi connectivity index (χ1) is 9.86. The summed E-state index contributed by atoms with van der Waals surface area (Å²) in [5.74, 6) is 0. The molecule has 0 N–H and O–H groups in total. The molecule has 0 saturated carbocycles. The Morgan fingerprint density at radius 1 is 0.850 bits per heavy atom. The van der Waals surface area contributed by atoms with Crippen LogP contribution in [-0.2, 0) is 0 Å². The maximum Gasteiger partial charge on any atom is -0.0260 e. The van der Waals surface area contributed by atoms with E-state index in [1.54, 1.807) is 0 Å². The molecule has 0 unspecified atom stereocenters. The first kappa shape index (κ1) is 16.0. The first-order valence-corrected chi connectivity index (χ1v) is 7.26. The van der Waals surface area contributed by atoms with Crippen molar-refractivity contribution in [3.05, 3.63) is 84.4 Å². The summed E-state index contributed by atoms with van der Waals surface area (Å²) < 4.78 is 0. The van der Waals surface area contributed by atoms with Crippen LogP contribution < -0.4 is 0 Å². The van der Waals surface area contributed by atoms with E-state index in [9.17, 15) is 0 Å². The second-order valence-electron chi connectivity index (χ2n) is 4.57. The number of hydrogen-bond acceptors (Lipinski definition) is 0. The van der Waals surface area contributed by atoms with Gasteiger partial charge in [-0.15, -0.1) is 0 Å². The second-order valence-corrected chi connectivity index (χ2v) is 4.57. The van der Waals surface area contributed by atoms with Crippen LogP contribution in [0.25, 0.3) is 12.2 Å². The molecule has 2 rings (SSSR count). The monoisotopic (exact) mass is 264 g/mol. The molecular formula is C20H24. The molecule has 0 atom stereocenters. The molecule has 0 aliphatic rings. The van der Waals surface area contributed by atoms with Crippen LogP contribution in [0.5, 0.6) is 0 Å². The van der Waals surface area contributed by atoms with E-state index in [-0.39, 0.29) is 0 Å². The third-order valence-corrected chi connectivity index (χ3v) is 2.87. The van der Waals surface area contributed by atoms with Gasteiger partial charge in [0.1, 0.15) is 0 Å². The molecule has 0 saturated heterocycles. The maximum absolute atomic E-state index is 3.63. The van der Waals surface area contributed by atoms with Gasteiger partial charge in [-0.05, 0) is 17.5 Å². The van der Waals surface area contributed by atoms with E-state index in [4.69, 9.17) is 0 Å². The fourth-order valence-electron chi connectivity index (χ4n) is 1.69. The summed E-state index contributed by atoms with van der Waals surface area (Å²) in [4.78, 5) is 0. The zero-order valence-electron chi connectivity index (χ0n) is 12.3. The minimum absolute atomic E-state index is 1.17. The van der Waals surface area contributed by atoms with Crippen LogP contribution in [0.15, 0.2) is 73.3 Å². The van der Waals surface area contributed by atoms with Gasteiger partial charge in [0.05, 0.1) is 0 Å². The molecule has 0 heterocycles. The minimum atomic E-state index is 1.17. The number of rotatable bonds is 5. The standard InChI is InChI=1S/C12H16.C8H8/c1-2-3-4-6-9-12-10-7-5-8-11-12;1-2-8-6-4-3-5-7-8/h5-11H,2-4H2,1H3;2-7H,1H2. The first-order valence-electron chi connectivity index (χ1n) is 7.26. The van der Waals surface area contributed by atoms with Gasteiger partial charge in [-0.25, -0.2) is 0 Å². The highest BCUT2D eigenvalue weighted by atomic mass is 13.9. The molecule has 0 radical (unpaired) electrons. The van der Waals surface area contributed by atoms with E-state index in [0.717, 1.165) is 0 Å². The smallest absolute Gasteiger partial charge is 0.0260 e. The summed E-state index contributed by atoms with van der Waals surface area (Å²) in [6.07, 6.45) is 10.0. The molecule has 0 amide bonds. The highest BCUT2D eigenvalue weighted by Crippen LogP contribution is 2.03. The van der Waals surface area contributed by atoms with Crippen molar-refractivity contribution in [1.29, 1.82) is 0 Å². The van der Waals surface area contributed by atoms with Crippen molar-refractivity contribution in [2.45, 2.75) is 26.2 Å². The Kier molecular flexibility index (Phi) is 8.63. The topological polar surface area (TPSA) is 0 Å². The average Bonchev–Trinajstić information content (AvgIpc) is 2.54. The van der Waals surface area contributed by atoms with Crippen molar-refractivity contribution in [2.75, 3.05) is 0 Å². The van der Waals surface area contributed by atoms with E-state index < -0.39 is 0 Å². The van der Waals surface area contributed by atoms with Crippen LogP contribution in [0.3, 0.4) is 0 Å². The summed E-state index contributed by atoms with van der Waals surface area (Å²) in [5, 5.41) is 0. The van der Waals surface area contributed by atoms with Crippen molar-refractivity contribution in [1.82, 2.24) is 0 Å². The van der Waals surface area contributed by atoms with E-state index in [0.29, 0.717) is 0 Å². The van der Waals surface area contributed by atoms with Gasteiger partial charge in [-0.3, -0.25) is 0 Å². The maximum atomic E-state index is 3.63. The molecule has 104 valence electrons. The lowest BCUT2D eigenvalue weighted by Crippen LogP contribution is -1.69. The quantitative estimate of drug-likeness (QED) is 0.562. The molecule has 2 aromatic rings. The SMILES string of the molecule is C=Cc1ccccc1.CCCCC=Cc1ccccc1. The van der Waals surface area contributed by atoms with Gasteiger partial charge in [0.2, 0.25) is 0 Å². The molecule has 0 aliphatic carbocycles. The van der Waals surface area contributed by atoms with Gasteiger partial charge in [0.15, 0.2) is 0 Å². The Hall–Kier alpha value is -2.08. The van der Waals surface area contributed by atoms with E-state index >= 15 is 0 Å². The predicted molar refractivity (Wildman–Crippen MR) is 91.5 cm³/mol. The number of unbranched alkanes of at least 4 members (excludes halogenated alkanes) is 2. The summed E-state index contributed by atoms with van der Waals surface area (Å²) in [6, 6.07) is 20.5. The number of allylic oxidation sites excluding steroid dienone is 1. The Balaban J connectivity index is 0.000000217. The van der Waals surface area contributed by atoms with Crippen molar-refractivity contribution >= 4 is 12.2 Å². The minimum Gasteiger partial charge on any atom is -0.0985 e. The van der Waals surface area contributed by atoms with Crippen molar-refractivity contribution in [3.8, 4) is 0 Å². The molecule has 0 aliphatic heterocycles. The largest absolute Gasteiger partial charge is 0.0985 e. The highest BCUT2D eigenvalue weighted by Gasteiger charge is 1.82. The molecule has 0 heteroatoms. The normalized spacial score (nSPS) is 9.85. The zero-order chi connectivity index (χ0) is 14.5. The molecule has 0 spiro atoms. The van der Waals surface area contributed by atoms with E-state index in [1.807, 2.05) is 42.5 Å². The van der Waals surface area contributed by atoms with Gasteiger partial charge >= 0.3 is 0 Å². The fraction of sp³-hybridized carbons (Fsp3) is 0.200. The summed E-state index contributed by atoms with van der Waals surface area (Å²) in [7, 11) is 0. The van der Waals surface area contributed by atoms with E-state index in [1.165, 1.54) is 30.4 Å².